The Hall–Kier alpha value is -7.44. The van der Waals surface area contributed by atoms with Crippen molar-refractivity contribution in [3.8, 4) is 56.6 Å². The molecule has 8 aromatic carbocycles. The number of aromatic nitrogens is 2. The van der Waals surface area contributed by atoms with Crippen LogP contribution >= 0.6 is 0 Å². The average molecular weight is 1010 g/mol. The second-order valence-electron chi connectivity index (χ2n) is 25.0. The number of fused-ring (bicyclic) bond motifs is 6. The van der Waals surface area contributed by atoms with Crippen molar-refractivity contribution in [1.82, 2.24) is 9.13 Å². The van der Waals surface area contributed by atoms with Gasteiger partial charge in [0.1, 0.15) is 23.0 Å². The summed E-state index contributed by atoms with van der Waals surface area (Å²) in [6, 6.07) is 51.3. The summed E-state index contributed by atoms with van der Waals surface area (Å²) in [5, 5.41) is 29.7. The molecule has 392 valence electrons. The Morgan fingerprint density at radius 3 is 0.947 bits per heavy atom. The number of rotatable bonds is 10. The summed E-state index contributed by atoms with van der Waals surface area (Å²) in [6.45, 7) is 31.9. The number of para-hydroxylation sites is 2. The van der Waals surface area contributed by atoms with E-state index < -0.39 is 0 Å². The van der Waals surface area contributed by atoms with E-state index >= 15 is 0 Å². The van der Waals surface area contributed by atoms with Gasteiger partial charge in [-0.3, -0.25) is 0 Å². The van der Waals surface area contributed by atoms with Crippen LogP contribution in [0.3, 0.4) is 0 Å². The summed E-state index contributed by atoms with van der Waals surface area (Å²) in [6.07, 6.45) is 0.597. The lowest BCUT2D eigenvalue weighted by Crippen LogP contribution is -2.11. The molecule has 0 fully saturated rings. The first-order valence-corrected chi connectivity index (χ1v) is 26.7. The monoisotopic (exact) mass is 1010 g/mol. The smallest absolute Gasteiger partial charge is 0.147 e. The van der Waals surface area contributed by atoms with Crippen molar-refractivity contribution in [3.05, 3.63) is 179 Å². The van der Waals surface area contributed by atoms with E-state index in [2.05, 4.69) is 203 Å². The molecule has 0 amide bonds. The highest BCUT2D eigenvalue weighted by Crippen LogP contribution is 2.47. The zero-order chi connectivity index (χ0) is 53.5. The fraction of sp³-hybridized carbons (Fsp3) is 0.314. The molecule has 0 aliphatic rings. The van der Waals surface area contributed by atoms with E-state index in [1.807, 2.05) is 48.5 Å². The molecule has 2 heterocycles. The van der Waals surface area contributed by atoms with Crippen LogP contribution in [0.2, 0.25) is 0 Å². The Morgan fingerprint density at radius 1 is 0.368 bits per heavy atom. The summed E-state index contributed by atoms with van der Waals surface area (Å²) < 4.78 is 17.7. The highest BCUT2D eigenvalue weighted by atomic mass is 16.5. The molecule has 2 N–H and O–H groups in total. The Morgan fingerprint density at radius 2 is 0.658 bits per heavy atom. The lowest BCUT2D eigenvalue weighted by molar-refractivity contribution is 0.248. The van der Waals surface area contributed by atoms with Gasteiger partial charge in [-0.25, -0.2) is 0 Å². The van der Waals surface area contributed by atoms with Gasteiger partial charge in [0.2, 0.25) is 0 Å². The minimum atomic E-state index is -0.0612. The van der Waals surface area contributed by atoms with Gasteiger partial charge in [-0.05, 0) is 130 Å². The fourth-order valence-corrected chi connectivity index (χ4v) is 10.7. The van der Waals surface area contributed by atoms with E-state index in [4.69, 9.17) is 9.47 Å². The van der Waals surface area contributed by atoms with Crippen molar-refractivity contribution in [2.24, 2.45) is 0 Å². The van der Waals surface area contributed by atoms with Crippen LogP contribution in [-0.2, 0) is 21.7 Å². The summed E-state index contributed by atoms with van der Waals surface area (Å²) in [7, 11) is 0. The first kappa shape index (κ1) is 53.4. The number of ether oxygens (including phenoxy) is 2. The molecule has 76 heavy (non-hydrogen) atoms. The third-order valence-corrected chi connectivity index (χ3v) is 15.1. The van der Waals surface area contributed by atoms with Gasteiger partial charge >= 0.3 is 0 Å². The summed E-state index contributed by atoms with van der Waals surface area (Å²) >= 11 is 0. The minimum absolute atomic E-state index is 0. The molecule has 0 atom stereocenters. The van der Waals surface area contributed by atoms with E-state index in [1.54, 1.807) is 0 Å². The van der Waals surface area contributed by atoms with Crippen LogP contribution < -0.4 is 9.47 Å². The molecule has 10 aromatic rings. The van der Waals surface area contributed by atoms with Gasteiger partial charge in [0.05, 0.1) is 46.7 Å². The summed E-state index contributed by atoms with van der Waals surface area (Å²) in [5.41, 5.74) is 15.5. The van der Waals surface area contributed by atoms with E-state index in [1.165, 1.54) is 22.3 Å². The largest absolute Gasteiger partial charge is 0.505 e. The van der Waals surface area contributed by atoms with Crippen LogP contribution in [-0.4, -0.2) is 32.6 Å². The Kier molecular flexibility index (Phi) is 13.8. The molecular weight excluding hydrogens is 933 g/mol. The number of nitrogens with zero attached hydrogens (tertiary/aromatic N) is 2. The predicted octanol–water partition coefficient (Wildman–Crippen LogP) is 18.9. The van der Waals surface area contributed by atoms with E-state index in [0.29, 0.717) is 42.3 Å². The maximum Gasteiger partial charge on any atom is 0.147 e. The average Bonchev–Trinajstić information content (AvgIpc) is 3.96. The van der Waals surface area contributed by atoms with Gasteiger partial charge in [0.25, 0.3) is 0 Å². The van der Waals surface area contributed by atoms with Crippen molar-refractivity contribution in [2.75, 3.05) is 13.2 Å². The van der Waals surface area contributed by atoms with Gasteiger partial charge < -0.3 is 28.8 Å². The Labute approximate surface area is 451 Å². The first-order valence-electron chi connectivity index (χ1n) is 26.7. The summed E-state index contributed by atoms with van der Waals surface area (Å²) in [5.74, 6) is 1.76. The van der Waals surface area contributed by atoms with Crippen LogP contribution in [0.15, 0.2) is 146 Å². The maximum atomic E-state index is 12.6. The number of phenols is 2. The topological polar surface area (TPSA) is 68.8 Å². The zero-order valence-electron chi connectivity index (χ0n) is 46.6. The van der Waals surface area contributed by atoms with Crippen molar-refractivity contribution >= 4 is 43.6 Å². The molecule has 0 saturated carbocycles. The predicted molar refractivity (Wildman–Crippen MR) is 322 cm³/mol. The van der Waals surface area contributed by atoms with E-state index in [9.17, 15) is 10.2 Å². The lowest BCUT2D eigenvalue weighted by Gasteiger charge is -2.21. The van der Waals surface area contributed by atoms with Crippen molar-refractivity contribution in [1.29, 1.82) is 0 Å². The summed E-state index contributed by atoms with van der Waals surface area (Å²) in [4.78, 5) is 0. The molecule has 10 rings (SSSR count). The maximum absolute atomic E-state index is 12.6. The third kappa shape index (κ3) is 9.83. The Bertz CT molecular complexity index is 3440. The third-order valence-electron chi connectivity index (χ3n) is 15.1. The molecule has 2 aromatic heterocycles. The molecule has 0 bridgehead atoms. The van der Waals surface area contributed by atoms with Crippen molar-refractivity contribution in [3.63, 3.8) is 0 Å². The van der Waals surface area contributed by atoms with E-state index in [0.717, 1.165) is 77.2 Å². The number of aromatic hydroxyl groups is 2. The van der Waals surface area contributed by atoms with E-state index in [-0.39, 0.29) is 40.6 Å². The number of aryl methyl sites for hydroxylation is 2. The molecular formula is C70H78N2O4. The highest BCUT2D eigenvalue weighted by molar-refractivity contribution is 6.11. The Balaban J connectivity index is 0.00000706. The minimum Gasteiger partial charge on any atom is -0.505 e. The normalized spacial score (nSPS) is 12.5. The first-order chi connectivity index (χ1) is 35.4. The quantitative estimate of drug-likeness (QED) is 0.134. The number of hydrogen-bond acceptors (Lipinski definition) is 4. The molecule has 0 aliphatic heterocycles. The number of benzene rings is 8. The molecule has 0 aliphatic carbocycles. The second-order valence-corrected chi connectivity index (χ2v) is 25.0. The molecule has 0 unspecified atom stereocenters. The van der Waals surface area contributed by atoms with Gasteiger partial charge in [0, 0.05) is 50.2 Å². The van der Waals surface area contributed by atoms with Crippen LogP contribution in [0.25, 0.3) is 77.2 Å². The van der Waals surface area contributed by atoms with Gasteiger partial charge in [-0.15, -0.1) is 0 Å². The van der Waals surface area contributed by atoms with Crippen LogP contribution in [0.4, 0.5) is 0 Å². The highest BCUT2D eigenvalue weighted by Gasteiger charge is 2.26. The SMILES string of the molecule is C.Cc1cc(-c2ccccc2OCCCOc2ccccc2-c2cc(C)cc(-n3c4cc(C(C)(C)C)ccc4c4ccc(C(C)(C)C)cc43)c2O)c(O)c(-n2c3cc(C(C)(C)C)ccc3c3ccc(C(C)(C)C)cc32)c1. The van der Waals surface area contributed by atoms with Crippen LogP contribution in [0, 0.1) is 13.8 Å². The standard InChI is InChI=1S/C69H74N2O4.CH4/c1-42-34-54(64(72)60(36-42)70-56-38-44(66(3,4)5)24-28-48(56)49-29-25-45(39-57(49)70)67(6,7)8)52-20-15-17-22-62(52)74-32-19-33-75-63-23-18-16-21-53(63)55-35-43(2)37-61(65(55)73)71-58-40-46(68(9,10)11)26-30-50(58)51-31-27-47(41-59(51)71)69(12,13)14;/h15-18,20-31,34-41,72-73H,19,32-33H2,1-14H3;1H4. The van der Waals surface area contributed by atoms with Crippen LogP contribution in [0.1, 0.15) is 130 Å². The molecule has 0 radical (unpaired) electrons. The number of phenolic OH excluding ortho intramolecular Hbond substituents is 2. The lowest BCUT2D eigenvalue weighted by atomic mass is 9.86. The van der Waals surface area contributed by atoms with Gasteiger partial charge in [0.15, 0.2) is 0 Å². The van der Waals surface area contributed by atoms with Crippen molar-refractivity contribution in [2.45, 2.75) is 132 Å². The van der Waals surface area contributed by atoms with Gasteiger partial charge in [-0.2, -0.15) is 0 Å². The van der Waals surface area contributed by atoms with Crippen molar-refractivity contribution < 1.29 is 19.7 Å². The molecule has 6 heteroatoms. The second kappa shape index (κ2) is 19.6. The number of hydrogen-bond donors (Lipinski definition) is 2. The van der Waals surface area contributed by atoms with Gasteiger partial charge in [-0.1, -0.05) is 175 Å². The molecule has 6 nitrogen and oxygen atoms in total. The fourth-order valence-electron chi connectivity index (χ4n) is 10.7. The van der Waals surface area contributed by atoms with Crippen LogP contribution in [0.5, 0.6) is 23.0 Å². The molecule has 0 saturated heterocycles. The molecule has 0 spiro atoms. The zero-order valence-corrected chi connectivity index (χ0v) is 46.6.